The Labute approximate surface area is 187 Å². The molecular formula is C25H29N3O4. The molecule has 0 bridgehead atoms. The Morgan fingerprint density at radius 3 is 2.72 bits per heavy atom. The first-order chi connectivity index (χ1) is 15.5. The van der Waals surface area contributed by atoms with Gasteiger partial charge in [-0.3, -0.25) is 9.59 Å². The molecule has 4 aliphatic rings. The average molecular weight is 436 g/mol. The van der Waals surface area contributed by atoms with Crippen LogP contribution in [0, 0.1) is 6.92 Å². The molecule has 2 amide bonds. The van der Waals surface area contributed by atoms with Crippen LogP contribution in [0.15, 0.2) is 28.7 Å². The van der Waals surface area contributed by atoms with Crippen LogP contribution in [0.4, 0.5) is 5.69 Å². The summed E-state index contributed by atoms with van der Waals surface area (Å²) in [7, 11) is 0. The first-order valence-electron chi connectivity index (χ1n) is 11.7. The number of furan rings is 1. The molecule has 2 fully saturated rings. The molecule has 2 spiro atoms. The topological polar surface area (TPSA) is 83.8 Å². The number of nitrogens with zero attached hydrogens (tertiary/aromatic N) is 1. The summed E-state index contributed by atoms with van der Waals surface area (Å²) in [6.07, 6.45) is 6.34. The summed E-state index contributed by atoms with van der Waals surface area (Å²) in [6.45, 7) is 3.64. The molecule has 0 radical (unpaired) electrons. The van der Waals surface area contributed by atoms with Crippen LogP contribution < -0.4 is 10.6 Å². The van der Waals surface area contributed by atoms with Crippen LogP contribution in [0.25, 0.3) is 0 Å². The maximum atomic E-state index is 13.4. The van der Waals surface area contributed by atoms with Crippen molar-refractivity contribution in [2.75, 3.05) is 25.0 Å². The molecule has 168 valence electrons. The van der Waals surface area contributed by atoms with E-state index in [1.165, 1.54) is 0 Å². The lowest BCUT2D eigenvalue weighted by molar-refractivity contribution is -0.0393. The first kappa shape index (κ1) is 19.9. The molecule has 2 saturated heterocycles. The second-order valence-electron chi connectivity index (χ2n) is 9.79. The number of nitrogens with one attached hydrogen (secondary N) is 2. The summed E-state index contributed by atoms with van der Waals surface area (Å²) in [4.78, 5) is 28.0. The highest BCUT2D eigenvalue weighted by Crippen LogP contribution is 2.43. The molecule has 3 aliphatic heterocycles. The largest absolute Gasteiger partial charge is 0.465 e. The average Bonchev–Trinajstić information content (AvgIpc) is 3.30. The van der Waals surface area contributed by atoms with Crippen LogP contribution >= 0.6 is 0 Å². The molecule has 1 atom stereocenters. The van der Waals surface area contributed by atoms with Gasteiger partial charge in [-0.2, -0.15) is 0 Å². The van der Waals surface area contributed by atoms with Gasteiger partial charge < -0.3 is 24.7 Å². The van der Waals surface area contributed by atoms with E-state index < -0.39 is 5.66 Å². The molecular weight excluding hydrogens is 406 g/mol. The van der Waals surface area contributed by atoms with Gasteiger partial charge in [0.25, 0.3) is 11.8 Å². The third-order valence-electron chi connectivity index (χ3n) is 7.67. The van der Waals surface area contributed by atoms with Gasteiger partial charge >= 0.3 is 0 Å². The molecule has 32 heavy (non-hydrogen) atoms. The molecule has 1 aliphatic carbocycles. The van der Waals surface area contributed by atoms with Crippen molar-refractivity contribution < 1.29 is 18.7 Å². The number of para-hydroxylation sites is 1. The predicted molar refractivity (Wildman–Crippen MR) is 119 cm³/mol. The Bertz CT molecular complexity index is 1100. The summed E-state index contributed by atoms with van der Waals surface area (Å²) in [5, 5.41) is 6.67. The van der Waals surface area contributed by atoms with Crippen molar-refractivity contribution in [1.82, 2.24) is 10.2 Å². The Morgan fingerprint density at radius 2 is 1.88 bits per heavy atom. The number of aryl methyl sites for hydroxylation is 2. The lowest BCUT2D eigenvalue weighted by Gasteiger charge is -2.41. The van der Waals surface area contributed by atoms with E-state index in [0.717, 1.165) is 66.9 Å². The third-order valence-corrected chi connectivity index (χ3v) is 7.67. The minimum Gasteiger partial charge on any atom is -0.465 e. The summed E-state index contributed by atoms with van der Waals surface area (Å²) in [6, 6.07) is 7.58. The second kappa shape index (κ2) is 7.10. The smallest absolute Gasteiger partial charge is 0.257 e. The van der Waals surface area contributed by atoms with Crippen LogP contribution in [0.3, 0.4) is 0 Å². The van der Waals surface area contributed by atoms with Crippen LogP contribution in [0.5, 0.6) is 0 Å². The summed E-state index contributed by atoms with van der Waals surface area (Å²) >= 11 is 0. The van der Waals surface area contributed by atoms with Crippen molar-refractivity contribution in [2.45, 2.75) is 63.1 Å². The predicted octanol–water partition coefficient (Wildman–Crippen LogP) is 3.41. The maximum Gasteiger partial charge on any atom is 0.257 e. The molecule has 2 aromatic rings. The van der Waals surface area contributed by atoms with Crippen molar-refractivity contribution in [3.05, 3.63) is 52.5 Å². The zero-order valence-electron chi connectivity index (χ0n) is 18.5. The fraction of sp³-hybridized carbons (Fsp3) is 0.520. The van der Waals surface area contributed by atoms with E-state index >= 15 is 0 Å². The molecule has 1 unspecified atom stereocenters. The van der Waals surface area contributed by atoms with Gasteiger partial charge in [0, 0.05) is 37.2 Å². The zero-order chi connectivity index (χ0) is 21.9. The minimum absolute atomic E-state index is 0.0622. The number of piperidine rings is 1. The van der Waals surface area contributed by atoms with E-state index in [4.69, 9.17) is 9.15 Å². The fourth-order valence-corrected chi connectivity index (χ4v) is 6.03. The van der Waals surface area contributed by atoms with Gasteiger partial charge in [0.1, 0.15) is 17.2 Å². The maximum absolute atomic E-state index is 13.4. The quantitative estimate of drug-likeness (QED) is 0.717. The van der Waals surface area contributed by atoms with Gasteiger partial charge in [0.05, 0.1) is 23.3 Å². The molecule has 2 N–H and O–H groups in total. The summed E-state index contributed by atoms with van der Waals surface area (Å²) in [5.41, 5.74) is 2.52. The second-order valence-corrected chi connectivity index (χ2v) is 9.79. The highest BCUT2D eigenvalue weighted by Gasteiger charge is 2.53. The molecule has 0 saturated carbocycles. The molecule has 6 rings (SSSR count). The number of anilines is 1. The number of amides is 2. The van der Waals surface area contributed by atoms with Gasteiger partial charge in [-0.1, -0.05) is 12.1 Å². The fourth-order valence-electron chi connectivity index (χ4n) is 6.03. The molecule has 1 aromatic carbocycles. The molecule has 7 heteroatoms. The summed E-state index contributed by atoms with van der Waals surface area (Å²) in [5.74, 6) is 1.79. The van der Waals surface area contributed by atoms with Crippen LogP contribution in [-0.4, -0.2) is 47.7 Å². The number of likely N-dealkylation sites (tertiary alicyclic amines) is 1. The van der Waals surface area contributed by atoms with E-state index in [2.05, 4.69) is 10.6 Å². The lowest BCUT2D eigenvalue weighted by Crippen LogP contribution is -2.59. The van der Waals surface area contributed by atoms with Crippen LogP contribution in [0.2, 0.25) is 0 Å². The van der Waals surface area contributed by atoms with Gasteiger partial charge in [-0.15, -0.1) is 0 Å². The van der Waals surface area contributed by atoms with Gasteiger partial charge in [0.2, 0.25) is 0 Å². The van der Waals surface area contributed by atoms with Crippen molar-refractivity contribution in [3.63, 3.8) is 0 Å². The number of carbonyl (C=O) groups excluding carboxylic acids is 2. The monoisotopic (exact) mass is 435 g/mol. The minimum atomic E-state index is -0.585. The van der Waals surface area contributed by atoms with Crippen LogP contribution in [-0.2, 0) is 17.6 Å². The van der Waals surface area contributed by atoms with E-state index in [0.29, 0.717) is 31.7 Å². The number of carbonyl (C=O) groups is 2. The SMILES string of the molecule is Cc1oc2c(c1C(=O)N1CCC3(CC1)CC1(CO3)NC(=O)c3ccccc3N1)CCCC2. The standard InChI is InChI=1S/C25H29N3O4/c1-16-21(18-7-3-5-9-20(18)32-16)23(30)28-12-10-24(11-13-28)14-25(15-31-24)26-19-8-4-2-6-17(19)22(29)27-25/h2,4,6,8,26H,3,5,7,9-15H2,1H3,(H,27,29). The van der Waals surface area contributed by atoms with Crippen molar-refractivity contribution in [1.29, 1.82) is 0 Å². The highest BCUT2D eigenvalue weighted by atomic mass is 16.5. The number of rotatable bonds is 1. The van der Waals surface area contributed by atoms with Gasteiger partial charge in [0.15, 0.2) is 0 Å². The van der Waals surface area contributed by atoms with E-state index in [1.807, 2.05) is 36.1 Å². The first-order valence-corrected chi connectivity index (χ1v) is 11.7. The zero-order valence-corrected chi connectivity index (χ0v) is 18.5. The Morgan fingerprint density at radius 1 is 1.09 bits per heavy atom. The molecule has 1 aromatic heterocycles. The van der Waals surface area contributed by atoms with Crippen molar-refractivity contribution >= 4 is 17.5 Å². The number of fused-ring (bicyclic) bond motifs is 2. The van der Waals surface area contributed by atoms with Gasteiger partial charge in [-0.05, 0) is 51.2 Å². The van der Waals surface area contributed by atoms with Crippen LogP contribution in [0.1, 0.15) is 69.9 Å². The Kier molecular flexibility index (Phi) is 4.41. The normalized spacial score (nSPS) is 25.9. The van der Waals surface area contributed by atoms with E-state index in [9.17, 15) is 9.59 Å². The molecule has 4 heterocycles. The lowest BCUT2D eigenvalue weighted by atomic mass is 9.84. The Hall–Kier alpha value is -2.80. The highest BCUT2D eigenvalue weighted by molar-refractivity contribution is 6.02. The number of hydrogen-bond donors (Lipinski definition) is 2. The number of hydrogen-bond acceptors (Lipinski definition) is 5. The van der Waals surface area contributed by atoms with Crippen molar-refractivity contribution in [3.8, 4) is 0 Å². The van der Waals surface area contributed by atoms with Crippen molar-refractivity contribution in [2.24, 2.45) is 0 Å². The molecule has 7 nitrogen and oxygen atoms in total. The number of benzene rings is 1. The number of ether oxygens (including phenoxy) is 1. The summed E-state index contributed by atoms with van der Waals surface area (Å²) < 4.78 is 12.3. The third kappa shape index (κ3) is 3.05. The van der Waals surface area contributed by atoms with E-state index in [1.54, 1.807) is 0 Å². The Balaban J connectivity index is 1.16. The van der Waals surface area contributed by atoms with E-state index in [-0.39, 0.29) is 17.4 Å². The van der Waals surface area contributed by atoms with Gasteiger partial charge in [-0.25, -0.2) is 0 Å².